The van der Waals surface area contributed by atoms with Crippen LogP contribution in [0.5, 0.6) is 0 Å². The Bertz CT molecular complexity index is 500. The van der Waals surface area contributed by atoms with Gasteiger partial charge < -0.3 is 9.16 Å². The lowest BCUT2D eigenvalue weighted by atomic mass is 10.1. The molecule has 0 aliphatic carbocycles. The van der Waals surface area contributed by atoms with Crippen molar-refractivity contribution >= 4 is 14.4 Å². The first-order valence-electron chi connectivity index (χ1n) is 8.75. The maximum Gasteiger partial charge on any atom is 0.410 e. The maximum absolute atomic E-state index is 12.6. The Labute approximate surface area is 148 Å². The van der Waals surface area contributed by atoms with Crippen molar-refractivity contribution in [2.75, 3.05) is 0 Å². The van der Waals surface area contributed by atoms with Crippen LogP contribution in [0.25, 0.3) is 0 Å². The second kappa shape index (κ2) is 7.05. The first-order chi connectivity index (χ1) is 10.7. The summed E-state index contributed by atoms with van der Waals surface area (Å²) in [4.78, 5) is 14.3. The summed E-state index contributed by atoms with van der Waals surface area (Å²) >= 11 is 0. The molecule has 1 amide bonds. The lowest BCUT2D eigenvalue weighted by molar-refractivity contribution is 0.0120. The number of carbonyl (C=O) groups is 1. The summed E-state index contributed by atoms with van der Waals surface area (Å²) < 4.78 is 12.1. The lowest BCUT2D eigenvalue weighted by Gasteiger charge is -2.39. The molecule has 138 valence electrons. The number of hydrogen-bond acceptors (Lipinski definition) is 4. The van der Waals surface area contributed by atoms with Crippen LogP contribution in [0.15, 0.2) is 0 Å². The molecule has 0 unspecified atom stereocenters. The van der Waals surface area contributed by atoms with E-state index in [0.29, 0.717) is 12.8 Å². The number of hydrogen-bond donors (Lipinski definition) is 0. The number of nitriles is 1. The molecule has 24 heavy (non-hydrogen) atoms. The van der Waals surface area contributed by atoms with Crippen molar-refractivity contribution in [3.8, 4) is 6.07 Å². The number of likely N-dealkylation sites (tertiary alicyclic amines) is 1. The van der Waals surface area contributed by atoms with Crippen LogP contribution in [0.2, 0.25) is 18.1 Å². The van der Waals surface area contributed by atoms with Gasteiger partial charge in [0.25, 0.3) is 0 Å². The summed E-state index contributed by atoms with van der Waals surface area (Å²) in [6.45, 7) is 18.6. The number of rotatable bonds is 3. The standard InChI is InChI=1S/C18H34N2O3Si/c1-13-15(23-24(8,9)18(5,6)7)12-14(10-11-19)20(13)16(21)22-17(2,3)4/h13-15H,10,12H2,1-9H3/t13-,14-,15-/m1/s1. The van der Waals surface area contributed by atoms with Crippen molar-refractivity contribution in [2.45, 2.75) is 103 Å². The Morgan fingerprint density at radius 3 is 2.21 bits per heavy atom. The minimum absolute atomic E-state index is 0.0447. The molecular weight excluding hydrogens is 320 g/mol. The molecule has 0 bridgehead atoms. The third-order valence-electron chi connectivity index (χ3n) is 5.06. The molecule has 0 spiro atoms. The highest BCUT2D eigenvalue weighted by Crippen LogP contribution is 2.40. The van der Waals surface area contributed by atoms with E-state index >= 15 is 0 Å². The van der Waals surface area contributed by atoms with E-state index in [1.807, 2.05) is 27.7 Å². The summed E-state index contributed by atoms with van der Waals surface area (Å²) in [5.41, 5.74) is -0.549. The van der Waals surface area contributed by atoms with Crippen molar-refractivity contribution in [1.82, 2.24) is 4.90 Å². The molecule has 0 saturated carbocycles. The first-order valence-corrected chi connectivity index (χ1v) is 11.7. The second-order valence-electron chi connectivity index (χ2n) is 9.30. The van der Waals surface area contributed by atoms with Crippen LogP contribution < -0.4 is 0 Å². The largest absolute Gasteiger partial charge is 0.444 e. The monoisotopic (exact) mass is 354 g/mol. The minimum Gasteiger partial charge on any atom is -0.444 e. The quantitative estimate of drug-likeness (QED) is 0.690. The summed E-state index contributed by atoms with van der Waals surface area (Å²) in [7, 11) is -1.94. The fourth-order valence-electron chi connectivity index (χ4n) is 2.71. The Balaban J connectivity index is 2.98. The van der Waals surface area contributed by atoms with E-state index in [1.54, 1.807) is 4.90 Å². The normalized spacial score (nSPS) is 25.5. The molecule has 0 aromatic carbocycles. The first kappa shape index (κ1) is 21.0. The van der Waals surface area contributed by atoms with E-state index in [0.717, 1.165) is 0 Å². The molecule has 0 aromatic rings. The van der Waals surface area contributed by atoms with Gasteiger partial charge in [-0.05, 0) is 52.2 Å². The number of amides is 1. The lowest BCUT2D eigenvalue weighted by Crippen LogP contribution is -2.48. The second-order valence-corrected chi connectivity index (χ2v) is 14.1. The third kappa shape index (κ3) is 4.97. The summed E-state index contributed by atoms with van der Waals surface area (Å²) in [6.07, 6.45) is 0.606. The highest BCUT2D eigenvalue weighted by molar-refractivity contribution is 6.74. The van der Waals surface area contributed by atoms with Gasteiger partial charge in [-0.3, -0.25) is 4.90 Å². The fraction of sp³-hybridized carbons (Fsp3) is 0.889. The molecule has 1 heterocycles. The van der Waals surface area contributed by atoms with E-state index in [4.69, 9.17) is 14.4 Å². The van der Waals surface area contributed by atoms with Crippen molar-refractivity contribution in [3.05, 3.63) is 0 Å². The van der Waals surface area contributed by atoms with Crippen LogP contribution in [-0.2, 0) is 9.16 Å². The predicted octanol–water partition coefficient (Wildman–Crippen LogP) is 4.69. The highest BCUT2D eigenvalue weighted by Gasteiger charge is 2.48. The van der Waals surface area contributed by atoms with Gasteiger partial charge in [0.1, 0.15) is 5.60 Å². The van der Waals surface area contributed by atoms with Gasteiger partial charge in [0.05, 0.1) is 30.7 Å². The van der Waals surface area contributed by atoms with E-state index in [2.05, 4.69) is 39.9 Å². The molecule has 1 aliphatic heterocycles. The van der Waals surface area contributed by atoms with Gasteiger partial charge in [0.15, 0.2) is 8.32 Å². The van der Waals surface area contributed by atoms with Crippen LogP contribution in [0.4, 0.5) is 4.79 Å². The van der Waals surface area contributed by atoms with E-state index in [9.17, 15) is 4.79 Å². The predicted molar refractivity (Wildman–Crippen MR) is 98.2 cm³/mol. The van der Waals surface area contributed by atoms with Gasteiger partial charge >= 0.3 is 6.09 Å². The van der Waals surface area contributed by atoms with Crippen molar-refractivity contribution in [1.29, 1.82) is 5.26 Å². The third-order valence-corrected chi connectivity index (χ3v) is 9.56. The average molecular weight is 355 g/mol. The minimum atomic E-state index is -1.94. The maximum atomic E-state index is 12.6. The van der Waals surface area contributed by atoms with Crippen LogP contribution in [0.3, 0.4) is 0 Å². The van der Waals surface area contributed by atoms with Gasteiger partial charge in [0.2, 0.25) is 0 Å². The SMILES string of the molecule is C[C@@H]1[C@H](O[Si](C)(C)C(C)(C)C)C[C@@H](CC#N)N1C(=O)OC(C)(C)C. The molecule has 6 heteroatoms. The number of nitrogens with zero attached hydrogens (tertiary/aromatic N) is 2. The van der Waals surface area contributed by atoms with Gasteiger partial charge in [-0.25, -0.2) is 4.79 Å². The highest BCUT2D eigenvalue weighted by atomic mass is 28.4. The summed E-state index contributed by atoms with van der Waals surface area (Å²) in [5, 5.41) is 9.24. The van der Waals surface area contributed by atoms with Crippen LogP contribution in [0.1, 0.15) is 61.3 Å². The topological polar surface area (TPSA) is 62.6 Å². The van der Waals surface area contributed by atoms with Crippen molar-refractivity contribution in [3.63, 3.8) is 0 Å². The average Bonchev–Trinajstić information content (AvgIpc) is 2.62. The number of carbonyl (C=O) groups excluding carboxylic acids is 1. The Kier molecular flexibility index (Phi) is 6.16. The van der Waals surface area contributed by atoms with Crippen molar-refractivity contribution in [2.24, 2.45) is 0 Å². The molecular formula is C18H34N2O3Si. The van der Waals surface area contributed by atoms with Gasteiger partial charge in [-0.1, -0.05) is 20.8 Å². The molecule has 5 nitrogen and oxygen atoms in total. The molecule has 1 saturated heterocycles. The molecule has 0 aromatic heterocycles. The van der Waals surface area contributed by atoms with Gasteiger partial charge in [-0.2, -0.15) is 5.26 Å². The summed E-state index contributed by atoms with van der Waals surface area (Å²) in [5.74, 6) is 0. The summed E-state index contributed by atoms with van der Waals surface area (Å²) in [6, 6.07) is 1.96. The van der Waals surface area contributed by atoms with Gasteiger partial charge in [-0.15, -0.1) is 0 Å². The zero-order valence-electron chi connectivity index (χ0n) is 16.8. The molecule has 1 aliphatic rings. The van der Waals surface area contributed by atoms with Crippen LogP contribution in [0, 0.1) is 11.3 Å². The van der Waals surface area contributed by atoms with Crippen LogP contribution in [-0.4, -0.2) is 43.1 Å². The Morgan fingerprint density at radius 1 is 1.25 bits per heavy atom. The smallest absolute Gasteiger partial charge is 0.410 e. The van der Waals surface area contributed by atoms with E-state index in [-0.39, 0.29) is 29.3 Å². The molecule has 3 atom stereocenters. The molecule has 0 radical (unpaired) electrons. The Morgan fingerprint density at radius 2 is 1.79 bits per heavy atom. The van der Waals surface area contributed by atoms with Crippen molar-refractivity contribution < 1.29 is 14.0 Å². The van der Waals surface area contributed by atoms with E-state index < -0.39 is 13.9 Å². The zero-order valence-corrected chi connectivity index (χ0v) is 17.8. The van der Waals surface area contributed by atoms with E-state index in [1.165, 1.54) is 0 Å². The molecule has 0 N–H and O–H groups in total. The van der Waals surface area contributed by atoms with Gasteiger partial charge in [0, 0.05) is 0 Å². The zero-order chi connectivity index (χ0) is 18.9. The fourth-order valence-corrected chi connectivity index (χ4v) is 4.11. The number of ether oxygens (including phenoxy) is 1. The Hall–Kier alpha value is -1.06. The molecule has 1 rings (SSSR count). The molecule has 1 fully saturated rings. The van der Waals surface area contributed by atoms with Crippen LogP contribution >= 0.6 is 0 Å².